The average Bonchev–Trinajstić information content (AvgIpc) is 3.39. The van der Waals surface area contributed by atoms with Crippen molar-refractivity contribution in [3.05, 3.63) is 72.2 Å². The van der Waals surface area contributed by atoms with Crippen LogP contribution in [-0.4, -0.2) is 51.2 Å². The molecule has 2 aliphatic carbocycles. The molecule has 6 rings (SSSR count). The molecule has 4 aliphatic rings. The summed E-state index contributed by atoms with van der Waals surface area (Å²) in [4.78, 5) is 11.4. The van der Waals surface area contributed by atoms with Crippen LogP contribution in [0, 0.1) is 23.6 Å². The molecule has 0 spiro atoms. The number of aliphatic hydroxyl groups is 2. The number of nitrogens with zero attached hydrogens (tertiary/aromatic N) is 3. The molecule has 2 saturated carbocycles. The van der Waals surface area contributed by atoms with Crippen LogP contribution in [0.15, 0.2) is 70.8 Å². The van der Waals surface area contributed by atoms with E-state index in [1.165, 1.54) is 12.1 Å². The largest absolute Gasteiger partial charge is 0.390 e. The van der Waals surface area contributed by atoms with E-state index in [1.807, 2.05) is 43.5 Å². The number of amidine groups is 1. The van der Waals surface area contributed by atoms with Crippen LogP contribution in [0.3, 0.4) is 0 Å². The van der Waals surface area contributed by atoms with Crippen molar-refractivity contribution in [3.63, 3.8) is 0 Å². The van der Waals surface area contributed by atoms with Crippen LogP contribution < -0.4 is 5.32 Å². The van der Waals surface area contributed by atoms with E-state index in [4.69, 9.17) is 4.99 Å². The zero-order chi connectivity index (χ0) is 22.0. The smallest absolute Gasteiger partial charge is 0.137 e. The first-order valence-corrected chi connectivity index (χ1v) is 11.0. The number of benzene rings is 2. The van der Waals surface area contributed by atoms with Gasteiger partial charge in [-0.15, -0.1) is 0 Å². The maximum atomic E-state index is 13.6. The van der Waals surface area contributed by atoms with Gasteiger partial charge in [-0.05, 0) is 53.7 Å². The number of hydrogen-bond donors (Lipinski definition) is 3. The van der Waals surface area contributed by atoms with E-state index in [2.05, 4.69) is 15.2 Å². The first-order chi connectivity index (χ1) is 15.5. The third-order valence-corrected chi connectivity index (χ3v) is 7.65. The summed E-state index contributed by atoms with van der Waals surface area (Å²) in [5.74, 6) is 0.486. The Hall–Kier alpha value is -3.03. The van der Waals surface area contributed by atoms with Crippen molar-refractivity contribution in [3.8, 4) is 0 Å². The first kappa shape index (κ1) is 19.6. The highest BCUT2D eigenvalue weighted by molar-refractivity contribution is 6.09. The van der Waals surface area contributed by atoms with Gasteiger partial charge in [-0.1, -0.05) is 37.3 Å². The van der Waals surface area contributed by atoms with E-state index in [1.54, 1.807) is 18.5 Å². The summed E-state index contributed by atoms with van der Waals surface area (Å²) >= 11 is 0. The number of hydrogen-bond acceptors (Lipinski definition) is 6. The molecule has 3 unspecified atom stereocenters. The molecule has 2 aromatic rings. The molecule has 6 nitrogen and oxygen atoms in total. The van der Waals surface area contributed by atoms with Gasteiger partial charge in [0.2, 0.25) is 0 Å². The number of rotatable bonds is 3. The zero-order valence-electron chi connectivity index (χ0n) is 17.6. The van der Waals surface area contributed by atoms with Gasteiger partial charge in [-0.2, -0.15) is 0 Å². The Balaban J connectivity index is 1.42. The Bertz CT molecular complexity index is 1130. The molecule has 2 aromatic carbocycles. The highest BCUT2D eigenvalue weighted by Crippen LogP contribution is 2.64. The number of para-hydroxylation sites is 1. The molecule has 32 heavy (non-hydrogen) atoms. The number of aliphatic hydroxyl groups excluding tert-OH is 2. The summed E-state index contributed by atoms with van der Waals surface area (Å²) in [6.45, 7) is 2.00. The molecule has 0 amide bonds. The van der Waals surface area contributed by atoms with Crippen LogP contribution in [0.2, 0.25) is 0 Å². The number of halogens is 1. The quantitative estimate of drug-likeness (QED) is 0.696. The molecule has 7 atom stereocenters. The summed E-state index contributed by atoms with van der Waals surface area (Å²) in [6.07, 6.45) is 2.54. The van der Waals surface area contributed by atoms with Crippen LogP contribution >= 0.6 is 0 Å². The Labute approximate surface area is 185 Å². The molecular formula is C25H25FN4O2. The van der Waals surface area contributed by atoms with Crippen LogP contribution in [0.5, 0.6) is 0 Å². The van der Waals surface area contributed by atoms with E-state index in [-0.39, 0.29) is 29.7 Å². The molecule has 2 aliphatic heterocycles. The SMILES string of the molecule is C[C@@H]1[C@H](O)C(O)[C@@]2(N3C=C(c4ccc(F)cc4)C4C(Nc5ccccc5)=NC=NC43)C[C@@H]12. The zero-order valence-corrected chi connectivity index (χ0v) is 17.6. The van der Waals surface area contributed by atoms with Gasteiger partial charge in [-0.25, -0.2) is 14.4 Å². The van der Waals surface area contributed by atoms with Gasteiger partial charge in [0.1, 0.15) is 30.3 Å². The summed E-state index contributed by atoms with van der Waals surface area (Å²) in [6, 6.07) is 16.3. The van der Waals surface area contributed by atoms with Crippen molar-refractivity contribution < 1.29 is 14.6 Å². The number of aliphatic imine (C=N–C) groups is 2. The van der Waals surface area contributed by atoms with Crippen molar-refractivity contribution >= 4 is 23.4 Å². The minimum Gasteiger partial charge on any atom is -0.390 e. The minimum absolute atomic E-state index is 0.0230. The molecule has 3 N–H and O–H groups in total. The topological polar surface area (TPSA) is 80.5 Å². The van der Waals surface area contributed by atoms with Gasteiger partial charge in [0.25, 0.3) is 0 Å². The lowest BCUT2D eigenvalue weighted by Gasteiger charge is -2.37. The predicted molar refractivity (Wildman–Crippen MR) is 122 cm³/mol. The third kappa shape index (κ3) is 2.71. The van der Waals surface area contributed by atoms with E-state index in [9.17, 15) is 14.6 Å². The standard InChI is InChI=1S/C25H25FN4O2/c1-14-19-11-25(19,22(32)21(14)31)30-12-18(15-7-9-16(26)10-8-15)20-23(27-13-28-24(20)30)29-17-5-3-2-4-6-17/h2-10,12-14,19-22,24,31-32H,11H2,1H3,(H,27,28,29)/t14-,19-,20?,21-,22?,24?,25+/m0/s1. The van der Waals surface area contributed by atoms with Crippen molar-refractivity contribution in [1.29, 1.82) is 0 Å². The lowest BCUT2D eigenvalue weighted by Crippen LogP contribution is -2.51. The van der Waals surface area contributed by atoms with Gasteiger partial charge in [0.15, 0.2) is 0 Å². The monoisotopic (exact) mass is 432 g/mol. The van der Waals surface area contributed by atoms with Gasteiger partial charge in [0, 0.05) is 11.9 Å². The Morgan fingerprint density at radius 2 is 1.84 bits per heavy atom. The maximum Gasteiger partial charge on any atom is 0.137 e. The van der Waals surface area contributed by atoms with Gasteiger partial charge in [0.05, 0.1) is 17.6 Å². The van der Waals surface area contributed by atoms with E-state index in [0.717, 1.165) is 29.1 Å². The molecular weight excluding hydrogens is 407 g/mol. The molecule has 0 saturated heterocycles. The average molecular weight is 432 g/mol. The Morgan fingerprint density at radius 3 is 2.53 bits per heavy atom. The van der Waals surface area contributed by atoms with E-state index >= 15 is 0 Å². The van der Waals surface area contributed by atoms with Crippen molar-refractivity contribution in [1.82, 2.24) is 4.90 Å². The van der Waals surface area contributed by atoms with Crippen LogP contribution in [-0.2, 0) is 0 Å². The van der Waals surface area contributed by atoms with Gasteiger partial charge < -0.3 is 20.4 Å². The predicted octanol–water partition coefficient (Wildman–Crippen LogP) is 3.11. The first-order valence-electron chi connectivity index (χ1n) is 11.0. The van der Waals surface area contributed by atoms with Crippen molar-refractivity contribution in [2.75, 3.05) is 5.32 Å². The van der Waals surface area contributed by atoms with E-state index < -0.39 is 17.7 Å². The van der Waals surface area contributed by atoms with Crippen molar-refractivity contribution in [2.24, 2.45) is 27.7 Å². The minimum atomic E-state index is -0.841. The number of anilines is 1. The second-order valence-electron chi connectivity index (χ2n) is 9.26. The fourth-order valence-electron chi connectivity index (χ4n) is 5.91. The summed E-state index contributed by atoms with van der Waals surface area (Å²) in [5, 5.41) is 25.0. The van der Waals surface area contributed by atoms with Crippen LogP contribution in [0.4, 0.5) is 10.1 Å². The second-order valence-corrected chi connectivity index (χ2v) is 9.26. The number of nitrogens with one attached hydrogen (secondary N) is 1. The maximum absolute atomic E-state index is 13.6. The Kier molecular flexibility index (Phi) is 4.29. The summed E-state index contributed by atoms with van der Waals surface area (Å²) in [7, 11) is 0. The van der Waals surface area contributed by atoms with Crippen molar-refractivity contribution in [2.45, 2.75) is 37.3 Å². The second kappa shape index (κ2) is 6.98. The third-order valence-electron chi connectivity index (χ3n) is 7.65. The lowest BCUT2D eigenvalue weighted by molar-refractivity contribution is -0.0324. The highest BCUT2D eigenvalue weighted by atomic mass is 19.1. The molecule has 0 bridgehead atoms. The molecule has 7 heteroatoms. The summed E-state index contributed by atoms with van der Waals surface area (Å²) in [5.41, 5.74) is 2.24. The van der Waals surface area contributed by atoms with Crippen LogP contribution in [0.1, 0.15) is 18.9 Å². The van der Waals surface area contributed by atoms with E-state index in [0.29, 0.717) is 0 Å². The Morgan fingerprint density at radius 1 is 1.09 bits per heavy atom. The molecule has 2 fully saturated rings. The summed E-state index contributed by atoms with van der Waals surface area (Å²) < 4.78 is 13.6. The van der Waals surface area contributed by atoms with Crippen LogP contribution in [0.25, 0.3) is 5.57 Å². The molecule has 2 heterocycles. The molecule has 164 valence electrons. The fraction of sp³-hybridized carbons (Fsp3) is 0.360. The molecule has 0 radical (unpaired) electrons. The van der Waals surface area contributed by atoms with Gasteiger partial charge in [-0.3, -0.25) is 0 Å². The fourth-order valence-corrected chi connectivity index (χ4v) is 5.91. The highest BCUT2D eigenvalue weighted by Gasteiger charge is 2.74. The van der Waals surface area contributed by atoms with Gasteiger partial charge >= 0.3 is 0 Å². The number of fused-ring (bicyclic) bond motifs is 2. The normalized spacial score (nSPS) is 36.9. The lowest BCUT2D eigenvalue weighted by atomic mass is 9.91. The molecule has 0 aromatic heterocycles.